The molecule has 0 aromatic carbocycles. The Morgan fingerprint density at radius 1 is 1.50 bits per heavy atom. The number of sulfonamides is 1. The maximum Gasteiger partial charge on any atom is 0.211 e. The summed E-state index contributed by atoms with van der Waals surface area (Å²) in [7, 11) is -3.00. The van der Waals surface area contributed by atoms with Crippen molar-refractivity contribution in [1.29, 1.82) is 0 Å². The second-order valence-corrected chi connectivity index (χ2v) is 7.26. The van der Waals surface area contributed by atoms with E-state index >= 15 is 0 Å². The fourth-order valence-corrected chi connectivity index (χ4v) is 3.26. The zero-order valence-electron chi connectivity index (χ0n) is 10.2. The van der Waals surface area contributed by atoms with Crippen molar-refractivity contribution in [2.75, 3.05) is 25.2 Å². The first-order chi connectivity index (χ1) is 7.43. The molecule has 5 heteroatoms. The lowest BCUT2D eigenvalue weighted by atomic mass is 9.92. The Labute approximate surface area is 104 Å². The molecule has 96 valence electrons. The van der Waals surface area contributed by atoms with Gasteiger partial charge in [0.2, 0.25) is 10.0 Å². The van der Waals surface area contributed by atoms with Crippen molar-refractivity contribution in [2.45, 2.75) is 32.6 Å². The lowest BCUT2D eigenvalue weighted by Crippen LogP contribution is -2.39. The zero-order chi connectivity index (χ0) is 12.2. The third kappa shape index (κ3) is 4.60. The second-order valence-electron chi connectivity index (χ2n) is 4.97. The first-order valence-corrected chi connectivity index (χ1v) is 8.33. The van der Waals surface area contributed by atoms with Gasteiger partial charge in [0.25, 0.3) is 0 Å². The van der Waals surface area contributed by atoms with Crippen molar-refractivity contribution in [3.8, 4) is 0 Å². The zero-order valence-corrected chi connectivity index (χ0v) is 11.7. The van der Waals surface area contributed by atoms with Gasteiger partial charge in [0.05, 0.1) is 6.26 Å². The molecule has 0 amide bonds. The highest BCUT2D eigenvalue weighted by atomic mass is 35.5. The molecule has 2 atom stereocenters. The average Bonchev–Trinajstić information content (AvgIpc) is 2.25. The normalized spacial score (nSPS) is 25.6. The van der Waals surface area contributed by atoms with Gasteiger partial charge in [0.1, 0.15) is 0 Å². The van der Waals surface area contributed by atoms with Crippen LogP contribution < -0.4 is 0 Å². The third-order valence-corrected chi connectivity index (χ3v) is 5.08. The van der Waals surface area contributed by atoms with E-state index in [2.05, 4.69) is 6.92 Å². The molecule has 0 aromatic heterocycles. The quantitative estimate of drug-likeness (QED) is 0.717. The minimum Gasteiger partial charge on any atom is -0.213 e. The predicted molar refractivity (Wildman–Crippen MR) is 68.3 cm³/mol. The van der Waals surface area contributed by atoms with Crippen LogP contribution in [0.25, 0.3) is 0 Å². The summed E-state index contributed by atoms with van der Waals surface area (Å²) in [4.78, 5) is 0. The number of hydrogen-bond donors (Lipinski definition) is 0. The van der Waals surface area contributed by atoms with Crippen LogP contribution in [0.2, 0.25) is 0 Å². The second kappa shape index (κ2) is 6.22. The summed E-state index contributed by atoms with van der Waals surface area (Å²) in [5.74, 6) is 1.76. The van der Waals surface area contributed by atoms with Crippen LogP contribution in [-0.4, -0.2) is 37.9 Å². The fraction of sp³-hybridized carbons (Fsp3) is 1.00. The van der Waals surface area contributed by atoms with Gasteiger partial charge in [-0.25, -0.2) is 12.7 Å². The van der Waals surface area contributed by atoms with E-state index in [1.54, 1.807) is 4.31 Å². The van der Waals surface area contributed by atoms with Gasteiger partial charge in [-0.1, -0.05) is 6.92 Å². The maximum absolute atomic E-state index is 11.4. The van der Waals surface area contributed by atoms with E-state index in [0.717, 1.165) is 25.7 Å². The van der Waals surface area contributed by atoms with Gasteiger partial charge in [0, 0.05) is 19.0 Å². The van der Waals surface area contributed by atoms with Gasteiger partial charge in [-0.05, 0) is 37.5 Å². The molecule has 0 spiro atoms. The minimum atomic E-state index is -3.00. The molecular formula is C11H22ClNO2S. The van der Waals surface area contributed by atoms with Crippen molar-refractivity contribution >= 4 is 21.6 Å². The van der Waals surface area contributed by atoms with Crippen molar-refractivity contribution in [1.82, 2.24) is 4.31 Å². The van der Waals surface area contributed by atoms with Crippen LogP contribution >= 0.6 is 11.6 Å². The number of hydrogen-bond acceptors (Lipinski definition) is 2. The van der Waals surface area contributed by atoms with Crippen molar-refractivity contribution in [2.24, 2.45) is 11.8 Å². The molecule has 1 fully saturated rings. The van der Waals surface area contributed by atoms with E-state index in [-0.39, 0.29) is 0 Å². The monoisotopic (exact) mass is 267 g/mol. The van der Waals surface area contributed by atoms with Crippen LogP contribution in [0, 0.1) is 11.8 Å². The van der Waals surface area contributed by atoms with E-state index < -0.39 is 10.0 Å². The first-order valence-electron chi connectivity index (χ1n) is 5.94. The van der Waals surface area contributed by atoms with Crippen LogP contribution in [-0.2, 0) is 10.0 Å². The molecule has 0 aliphatic carbocycles. The van der Waals surface area contributed by atoms with Crippen molar-refractivity contribution < 1.29 is 8.42 Å². The summed E-state index contributed by atoms with van der Waals surface area (Å²) in [5, 5.41) is 0. The highest BCUT2D eigenvalue weighted by Crippen LogP contribution is 2.24. The number of nitrogens with zero attached hydrogens (tertiary/aromatic N) is 1. The molecule has 1 heterocycles. The molecule has 0 saturated carbocycles. The Balaban J connectivity index is 2.39. The summed E-state index contributed by atoms with van der Waals surface area (Å²) < 4.78 is 24.5. The smallest absolute Gasteiger partial charge is 0.211 e. The molecule has 1 saturated heterocycles. The number of alkyl halides is 1. The number of rotatable bonds is 5. The van der Waals surface area contributed by atoms with E-state index in [1.165, 1.54) is 6.26 Å². The van der Waals surface area contributed by atoms with Gasteiger partial charge < -0.3 is 0 Å². The molecule has 0 radical (unpaired) electrons. The largest absolute Gasteiger partial charge is 0.213 e. The first kappa shape index (κ1) is 14.3. The van der Waals surface area contributed by atoms with Gasteiger partial charge in [-0.15, -0.1) is 11.6 Å². The Kier molecular flexibility index (Phi) is 5.54. The summed E-state index contributed by atoms with van der Waals surface area (Å²) in [6.45, 7) is 3.54. The Morgan fingerprint density at radius 2 is 2.19 bits per heavy atom. The van der Waals surface area contributed by atoms with Crippen LogP contribution in [0.3, 0.4) is 0 Å². The summed E-state index contributed by atoms with van der Waals surface area (Å²) in [5.41, 5.74) is 0. The molecule has 0 aromatic rings. The van der Waals surface area contributed by atoms with E-state index in [0.29, 0.717) is 30.8 Å². The van der Waals surface area contributed by atoms with Gasteiger partial charge in [-0.2, -0.15) is 0 Å². The Hall–Kier alpha value is 0.200. The SMILES string of the molecule is CC(CCl)CCC1CCCN(S(C)(=O)=O)C1. The molecule has 1 aliphatic heterocycles. The van der Waals surface area contributed by atoms with Crippen LogP contribution in [0.5, 0.6) is 0 Å². The molecule has 1 aliphatic rings. The average molecular weight is 268 g/mol. The lowest BCUT2D eigenvalue weighted by Gasteiger charge is -2.31. The Bertz CT molecular complexity index is 305. The van der Waals surface area contributed by atoms with Gasteiger partial charge in [0.15, 0.2) is 0 Å². The van der Waals surface area contributed by atoms with Gasteiger partial charge in [-0.3, -0.25) is 0 Å². The van der Waals surface area contributed by atoms with Crippen molar-refractivity contribution in [3.05, 3.63) is 0 Å². The molecule has 0 bridgehead atoms. The van der Waals surface area contributed by atoms with Crippen molar-refractivity contribution in [3.63, 3.8) is 0 Å². The lowest BCUT2D eigenvalue weighted by molar-refractivity contribution is 0.247. The topological polar surface area (TPSA) is 37.4 Å². The highest BCUT2D eigenvalue weighted by Gasteiger charge is 2.25. The summed E-state index contributed by atoms with van der Waals surface area (Å²) >= 11 is 5.76. The van der Waals surface area contributed by atoms with Gasteiger partial charge >= 0.3 is 0 Å². The molecule has 16 heavy (non-hydrogen) atoms. The molecule has 0 N–H and O–H groups in total. The Morgan fingerprint density at radius 3 is 2.75 bits per heavy atom. The predicted octanol–water partition coefficient (Wildman–Crippen LogP) is 2.31. The van der Waals surface area contributed by atoms with E-state index in [4.69, 9.17) is 11.6 Å². The molecule has 2 unspecified atom stereocenters. The van der Waals surface area contributed by atoms with Crippen LogP contribution in [0.4, 0.5) is 0 Å². The van der Waals surface area contributed by atoms with Crippen LogP contribution in [0.15, 0.2) is 0 Å². The maximum atomic E-state index is 11.4. The standard InChI is InChI=1S/C11H22ClNO2S/c1-10(8-12)5-6-11-4-3-7-13(9-11)16(2,14)15/h10-11H,3-9H2,1-2H3. The third-order valence-electron chi connectivity index (χ3n) is 3.28. The fourth-order valence-electron chi connectivity index (χ4n) is 2.16. The summed E-state index contributed by atoms with van der Waals surface area (Å²) in [6, 6.07) is 0. The minimum absolute atomic E-state index is 0.522. The van der Waals surface area contributed by atoms with E-state index in [1.807, 2.05) is 0 Å². The number of halogens is 1. The molecule has 1 rings (SSSR count). The van der Waals surface area contributed by atoms with E-state index in [9.17, 15) is 8.42 Å². The molecule has 3 nitrogen and oxygen atoms in total. The number of piperidine rings is 1. The summed E-state index contributed by atoms with van der Waals surface area (Å²) in [6.07, 6.45) is 5.65. The highest BCUT2D eigenvalue weighted by molar-refractivity contribution is 7.88. The molecular weight excluding hydrogens is 246 g/mol. The van der Waals surface area contributed by atoms with Crippen LogP contribution in [0.1, 0.15) is 32.6 Å².